The quantitative estimate of drug-likeness (QED) is 0.617. The first-order chi connectivity index (χ1) is 12.7. The normalized spacial score (nSPS) is 20.8. The molecule has 5 heteroatoms. The number of guanidine groups is 1. The summed E-state index contributed by atoms with van der Waals surface area (Å²) in [5, 5.41) is 7.00. The molecule has 2 N–H and O–H groups in total. The summed E-state index contributed by atoms with van der Waals surface area (Å²) < 4.78 is 2.07. The number of hydrogen-bond donors (Lipinski definition) is 2. The van der Waals surface area contributed by atoms with E-state index in [9.17, 15) is 0 Å². The molecule has 0 spiro atoms. The lowest BCUT2D eigenvalue weighted by atomic mass is 9.87. The molecule has 1 aromatic carbocycles. The molecule has 0 unspecified atom stereocenters. The van der Waals surface area contributed by atoms with Gasteiger partial charge in [-0.3, -0.25) is 0 Å². The van der Waals surface area contributed by atoms with Crippen molar-refractivity contribution in [2.24, 2.45) is 10.9 Å². The largest absolute Gasteiger partial charge is 0.357 e. The fraction of sp³-hybridized carbons (Fsp3) is 0.524. The van der Waals surface area contributed by atoms with Gasteiger partial charge in [0.1, 0.15) is 0 Å². The zero-order valence-corrected chi connectivity index (χ0v) is 16.0. The number of nitrogens with one attached hydrogen (secondary N) is 2. The molecule has 1 aliphatic rings. The van der Waals surface area contributed by atoms with Gasteiger partial charge in [0.15, 0.2) is 5.96 Å². The maximum absolute atomic E-state index is 4.78. The van der Waals surface area contributed by atoms with Crippen LogP contribution < -0.4 is 10.6 Å². The zero-order chi connectivity index (χ0) is 18.2. The average molecular weight is 354 g/mol. The molecule has 26 heavy (non-hydrogen) atoms. The lowest BCUT2D eigenvalue weighted by Crippen LogP contribution is -2.44. The van der Waals surface area contributed by atoms with Gasteiger partial charge in [-0.1, -0.05) is 31.2 Å². The molecule has 3 rings (SSSR count). The highest BCUT2D eigenvalue weighted by Crippen LogP contribution is 2.23. The molecule has 1 aromatic heterocycles. The smallest absolute Gasteiger partial charge is 0.191 e. The summed E-state index contributed by atoms with van der Waals surface area (Å²) in [7, 11) is 0. The van der Waals surface area contributed by atoms with Crippen LogP contribution in [0.3, 0.4) is 0 Å². The summed E-state index contributed by atoms with van der Waals surface area (Å²) in [6.45, 7) is 6.91. The van der Waals surface area contributed by atoms with Gasteiger partial charge in [-0.05, 0) is 49.7 Å². The highest BCUT2D eigenvalue weighted by atomic mass is 15.2. The molecule has 0 aliphatic heterocycles. The Kier molecular flexibility index (Phi) is 6.69. The summed E-state index contributed by atoms with van der Waals surface area (Å²) in [6.07, 6.45) is 10.8. The van der Waals surface area contributed by atoms with Crippen LogP contribution in [0.2, 0.25) is 0 Å². The van der Waals surface area contributed by atoms with E-state index in [1.165, 1.54) is 36.8 Å². The molecule has 1 fully saturated rings. The van der Waals surface area contributed by atoms with Crippen LogP contribution in [0, 0.1) is 5.92 Å². The molecule has 0 saturated heterocycles. The highest BCUT2D eigenvalue weighted by Gasteiger charge is 2.18. The number of imidazole rings is 1. The first-order valence-electron chi connectivity index (χ1n) is 9.81. The summed E-state index contributed by atoms with van der Waals surface area (Å²) >= 11 is 0. The second-order valence-electron chi connectivity index (χ2n) is 7.35. The lowest BCUT2D eigenvalue weighted by molar-refractivity contribution is 0.329. The molecule has 0 atom stereocenters. The van der Waals surface area contributed by atoms with Crippen molar-refractivity contribution in [2.45, 2.75) is 58.7 Å². The van der Waals surface area contributed by atoms with E-state index in [-0.39, 0.29) is 0 Å². The van der Waals surface area contributed by atoms with Gasteiger partial charge in [-0.15, -0.1) is 0 Å². The minimum absolute atomic E-state index is 0.557. The van der Waals surface area contributed by atoms with Crippen LogP contribution in [0.4, 0.5) is 0 Å². The number of nitrogens with zero attached hydrogens (tertiary/aromatic N) is 3. The number of aromatic nitrogens is 2. The van der Waals surface area contributed by atoms with Gasteiger partial charge in [0, 0.05) is 31.5 Å². The zero-order valence-electron chi connectivity index (χ0n) is 16.0. The summed E-state index contributed by atoms with van der Waals surface area (Å²) in [4.78, 5) is 8.87. The fourth-order valence-corrected chi connectivity index (χ4v) is 3.43. The minimum Gasteiger partial charge on any atom is -0.357 e. The molecule has 5 nitrogen and oxygen atoms in total. The van der Waals surface area contributed by atoms with Crippen molar-refractivity contribution in [2.75, 3.05) is 6.54 Å². The molecule has 0 bridgehead atoms. The number of benzene rings is 1. The van der Waals surface area contributed by atoms with E-state index in [0.717, 1.165) is 25.0 Å². The van der Waals surface area contributed by atoms with Crippen LogP contribution in [-0.4, -0.2) is 28.1 Å². The molecule has 2 aromatic rings. The number of rotatable bonds is 6. The van der Waals surface area contributed by atoms with E-state index in [4.69, 9.17) is 4.99 Å². The minimum atomic E-state index is 0.557. The first kappa shape index (κ1) is 18.5. The van der Waals surface area contributed by atoms with Gasteiger partial charge in [-0.25, -0.2) is 9.98 Å². The van der Waals surface area contributed by atoms with Crippen LogP contribution in [0.15, 0.2) is 48.0 Å². The molecular formula is C21H31N5. The molecule has 1 aliphatic carbocycles. The third-order valence-corrected chi connectivity index (χ3v) is 5.07. The summed E-state index contributed by atoms with van der Waals surface area (Å²) in [5.74, 6) is 1.81. The van der Waals surface area contributed by atoms with Crippen molar-refractivity contribution >= 4 is 5.96 Å². The van der Waals surface area contributed by atoms with Crippen molar-refractivity contribution in [3.63, 3.8) is 0 Å². The molecule has 0 radical (unpaired) electrons. The van der Waals surface area contributed by atoms with Crippen LogP contribution >= 0.6 is 0 Å². The van der Waals surface area contributed by atoms with Gasteiger partial charge in [0.2, 0.25) is 0 Å². The third kappa shape index (κ3) is 5.61. The van der Waals surface area contributed by atoms with E-state index < -0.39 is 0 Å². The summed E-state index contributed by atoms with van der Waals surface area (Å²) in [5.41, 5.74) is 2.51. The lowest BCUT2D eigenvalue weighted by Gasteiger charge is -2.28. The van der Waals surface area contributed by atoms with Gasteiger partial charge in [0.05, 0.1) is 12.9 Å². The Bertz CT molecular complexity index is 667. The number of aliphatic imine (C=N–C) groups is 1. The predicted octanol–water partition coefficient (Wildman–Crippen LogP) is 3.57. The van der Waals surface area contributed by atoms with Crippen LogP contribution in [0.1, 0.15) is 50.7 Å². The molecule has 0 amide bonds. The highest BCUT2D eigenvalue weighted by molar-refractivity contribution is 5.80. The van der Waals surface area contributed by atoms with Crippen molar-refractivity contribution in [3.8, 4) is 0 Å². The van der Waals surface area contributed by atoms with Crippen molar-refractivity contribution in [3.05, 3.63) is 54.1 Å². The Balaban J connectivity index is 1.54. The van der Waals surface area contributed by atoms with Crippen LogP contribution in [-0.2, 0) is 13.1 Å². The Hall–Kier alpha value is -2.30. The third-order valence-electron chi connectivity index (χ3n) is 5.07. The van der Waals surface area contributed by atoms with E-state index in [1.54, 1.807) is 0 Å². The topological polar surface area (TPSA) is 54.2 Å². The second kappa shape index (κ2) is 9.41. The van der Waals surface area contributed by atoms with Crippen LogP contribution in [0.5, 0.6) is 0 Å². The Morgan fingerprint density at radius 2 is 1.88 bits per heavy atom. The Morgan fingerprint density at radius 3 is 2.54 bits per heavy atom. The van der Waals surface area contributed by atoms with E-state index in [0.29, 0.717) is 12.6 Å². The second-order valence-corrected chi connectivity index (χ2v) is 7.35. The van der Waals surface area contributed by atoms with Crippen LogP contribution in [0.25, 0.3) is 0 Å². The molecular weight excluding hydrogens is 322 g/mol. The van der Waals surface area contributed by atoms with Gasteiger partial charge < -0.3 is 15.2 Å². The van der Waals surface area contributed by atoms with E-state index in [2.05, 4.69) is 58.3 Å². The van der Waals surface area contributed by atoms with Crippen molar-refractivity contribution in [1.82, 2.24) is 20.2 Å². The maximum atomic E-state index is 4.78. The standard InChI is InChI=1S/C21H31N5/c1-3-23-21(25-20-10-4-17(2)5-11-20)24-14-18-6-8-19(9-7-18)15-26-13-12-22-16-26/h6-9,12-13,16-17,20H,3-5,10-11,14-15H2,1-2H3,(H2,23,24,25). The van der Waals surface area contributed by atoms with E-state index >= 15 is 0 Å². The Morgan fingerprint density at radius 1 is 1.15 bits per heavy atom. The molecule has 1 heterocycles. The fourth-order valence-electron chi connectivity index (χ4n) is 3.43. The summed E-state index contributed by atoms with van der Waals surface area (Å²) in [6, 6.07) is 9.24. The van der Waals surface area contributed by atoms with Gasteiger partial charge >= 0.3 is 0 Å². The monoisotopic (exact) mass is 353 g/mol. The molecule has 1 saturated carbocycles. The van der Waals surface area contributed by atoms with Gasteiger partial charge in [-0.2, -0.15) is 0 Å². The van der Waals surface area contributed by atoms with Gasteiger partial charge in [0.25, 0.3) is 0 Å². The average Bonchev–Trinajstić information content (AvgIpc) is 3.16. The molecule has 140 valence electrons. The maximum Gasteiger partial charge on any atom is 0.191 e. The van der Waals surface area contributed by atoms with E-state index in [1.807, 2.05) is 18.7 Å². The first-order valence-corrected chi connectivity index (χ1v) is 9.81. The SMILES string of the molecule is CCNC(=NCc1ccc(Cn2ccnc2)cc1)NC1CCC(C)CC1. The predicted molar refractivity (Wildman–Crippen MR) is 107 cm³/mol. The van der Waals surface area contributed by atoms with Crippen molar-refractivity contribution in [1.29, 1.82) is 0 Å². The van der Waals surface area contributed by atoms with Crippen molar-refractivity contribution < 1.29 is 0 Å². The Labute approximate surface area is 156 Å². The number of hydrogen-bond acceptors (Lipinski definition) is 2.